The first-order valence-electron chi connectivity index (χ1n) is 4.26. The van der Waals surface area contributed by atoms with Crippen LogP contribution < -0.4 is 5.73 Å². The van der Waals surface area contributed by atoms with E-state index in [9.17, 15) is 0 Å². The summed E-state index contributed by atoms with van der Waals surface area (Å²) in [6, 6.07) is 8.00. The highest BCUT2D eigenvalue weighted by Gasteiger charge is 1.98. The van der Waals surface area contributed by atoms with E-state index in [-0.39, 0.29) is 0 Å². The highest BCUT2D eigenvalue weighted by Crippen LogP contribution is 2.18. The van der Waals surface area contributed by atoms with Crippen molar-refractivity contribution in [2.45, 2.75) is 6.54 Å². The minimum Gasteiger partial charge on any atom is -0.399 e. The van der Waals surface area contributed by atoms with Crippen LogP contribution >= 0.6 is 0 Å². The summed E-state index contributed by atoms with van der Waals surface area (Å²) < 4.78 is 2.14. The Kier molecular flexibility index (Phi) is 1.81. The number of nitrogen functional groups attached to an aromatic ring is 1. The molecule has 2 aromatic rings. The van der Waals surface area contributed by atoms with Gasteiger partial charge in [0.25, 0.3) is 0 Å². The van der Waals surface area contributed by atoms with Crippen LogP contribution in [0.3, 0.4) is 0 Å². The zero-order valence-corrected chi connectivity index (χ0v) is 7.40. The largest absolute Gasteiger partial charge is 0.399 e. The van der Waals surface area contributed by atoms with Gasteiger partial charge in [-0.1, -0.05) is 6.08 Å². The van der Waals surface area contributed by atoms with Gasteiger partial charge < -0.3 is 10.3 Å². The first kappa shape index (κ1) is 7.92. The second-order valence-corrected chi connectivity index (χ2v) is 3.08. The number of anilines is 1. The molecule has 2 heteroatoms. The van der Waals surface area contributed by atoms with E-state index < -0.39 is 0 Å². The van der Waals surface area contributed by atoms with Gasteiger partial charge in [-0.15, -0.1) is 6.58 Å². The average Bonchev–Trinajstić information content (AvgIpc) is 2.49. The molecule has 0 radical (unpaired) electrons. The molecular formula is C11H12N2. The van der Waals surface area contributed by atoms with Crippen molar-refractivity contribution >= 4 is 16.6 Å². The SMILES string of the molecule is C=CCn1ccc2cc(N)ccc21. The topological polar surface area (TPSA) is 30.9 Å². The number of fused-ring (bicyclic) bond motifs is 1. The van der Waals surface area contributed by atoms with Gasteiger partial charge in [0, 0.05) is 29.3 Å². The fourth-order valence-corrected chi connectivity index (χ4v) is 1.52. The zero-order chi connectivity index (χ0) is 9.26. The average molecular weight is 172 g/mol. The third kappa shape index (κ3) is 1.31. The molecular weight excluding hydrogens is 160 g/mol. The Morgan fingerprint density at radius 2 is 2.23 bits per heavy atom. The van der Waals surface area contributed by atoms with Gasteiger partial charge in [0.15, 0.2) is 0 Å². The molecule has 0 aliphatic carbocycles. The van der Waals surface area contributed by atoms with E-state index in [0.29, 0.717) is 0 Å². The van der Waals surface area contributed by atoms with Crippen LogP contribution in [0.2, 0.25) is 0 Å². The van der Waals surface area contributed by atoms with Crippen LogP contribution in [0.1, 0.15) is 0 Å². The monoisotopic (exact) mass is 172 g/mol. The van der Waals surface area contributed by atoms with Crippen LogP contribution in [0.25, 0.3) is 10.9 Å². The Bertz CT molecular complexity index is 440. The molecule has 0 unspecified atom stereocenters. The minimum atomic E-state index is 0.809. The number of rotatable bonds is 2. The van der Waals surface area contributed by atoms with Crippen molar-refractivity contribution in [2.24, 2.45) is 0 Å². The Morgan fingerprint density at radius 1 is 1.38 bits per heavy atom. The lowest BCUT2D eigenvalue weighted by Gasteiger charge is -2.00. The summed E-state index contributed by atoms with van der Waals surface area (Å²) in [6.07, 6.45) is 3.93. The standard InChI is InChI=1S/C11H12N2/c1-2-6-13-7-5-9-8-10(12)3-4-11(9)13/h2-5,7-8H,1,6,12H2. The number of benzene rings is 1. The number of aromatic nitrogens is 1. The van der Waals surface area contributed by atoms with Gasteiger partial charge in [-0.05, 0) is 24.3 Å². The highest BCUT2D eigenvalue weighted by atomic mass is 14.9. The third-order valence-electron chi connectivity index (χ3n) is 2.12. The molecule has 0 atom stereocenters. The molecule has 0 bridgehead atoms. The molecule has 0 fully saturated rings. The number of allylic oxidation sites excluding steroid dienone is 1. The molecule has 66 valence electrons. The molecule has 2 N–H and O–H groups in total. The van der Waals surface area contributed by atoms with Gasteiger partial charge in [-0.25, -0.2) is 0 Å². The van der Waals surface area contributed by atoms with Crippen molar-refractivity contribution < 1.29 is 0 Å². The van der Waals surface area contributed by atoms with Gasteiger partial charge in [-0.3, -0.25) is 0 Å². The van der Waals surface area contributed by atoms with Crippen molar-refractivity contribution in [1.82, 2.24) is 4.57 Å². The fourth-order valence-electron chi connectivity index (χ4n) is 1.52. The van der Waals surface area contributed by atoms with Crippen molar-refractivity contribution in [1.29, 1.82) is 0 Å². The maximum absolute atomic E-state index is 5.68. The molecule has 1 aromatic carbocycles. The molecule has 0 aliphatic rings. The van der Waals surface area contributed by atoms with Crippen LogP contribution in [-0.2, 0) is 6.54 Å². The molecule has 0 saturated carbocycles. The maximum atomic E-state index is 5.68. The lowest BCUT2D eigenvalue weighted by atomic mass is 10.2. The Hall–Kier alpha value is -1.70. The van der Waals surface area contributed by atoms with E-state index in [0.717, 1.165) is 12.2 Å². The van der Waals surface area contributed by atoms with Crippen molar-refractivity contribution in [2.75, 3.05) is 5.73 Å². The number of hydrogen-bond acceptors (Lipinski definition) is 1. The second kappa shape index (κ2) is 2.98. The van der Waals surface area contributed by atoms with Crippen molar-refractivity contribution in [3.63, 3.8) is 0 Å². The second-order valence-electron chi connectivity index (χ2n) is 3.08. The molecule has 1 heterocycles. The van der Waals surface area contributed by atoms with E-state index >= 15 is 0 Å². The molecule has 2 rings (SSSR count). The fraction of sp³-hybridized carbons (Fsp3) is 0.0909. The molecule has 1 aromatic heterocycles. The molecule has 0 spiro atoms. The lowest BCUT2D eigenvalue weighted by molar-refractivity contribution is 0.865. The number of hydrogen-bond donors (Lipinski definition) is 1. The molecule has 0 amide bonds. The zero-order valence-electron chi connectivity index (χ0n) is 7.40. The minimum absolute atomic E-state index is 0.809. The van der Waals surface area contributed by atoms with Gasteiger partial charge in [-0.2, -0.15) is 0 Å². The Morgan fingerprint density at radius 3 is 3.00 bits per heavy atom. The summed E-state index contributed by atoms with van der Waals surface area (Å²) in [5.41, 5.74) is 7.69. The van der Waals surface area contributed by atoms with Crippen molar-refractivity contribution in [3.05, 3.63) is 43.1 Å². The molecule has 0 saturated heterocycles. The number of nitrogens with two attached hydrogens (primary N) is 1. The molecule has 2 nitrogen and oxygen atoms in total. The quantitative estimate of drug-likeness (QED) is 0.547. The summed E-state index contributed by atoms with van der Waals surface area (Å²) >= 11 is 0. The maximum Gasteiger partial charge on any atom is 0.0484 e. The highest BCUT2D eigenvalue weighted by molar-refractivity contribution is 5.83. The summed E-state index contributed by atoms with van der Waals surface area (Å²) in [5, 5.41) is 1.18. The summed E-state index contributed by atoms with van der Waals surface area (Å²) in [5.74, 6) is 0. The Labute approximate surface area is 77.3 Å². The van der Waals surface area contributed by atoms with Crippen LogP contribution in [-0.4, -0.2) is 4.57 Å². The first-order chi connectivity index (χ1) is 6.31. The predicted molar refractivity (Wildman–Crippen MR) is 56.5 cm³/mol. The third-order valence-corrected chi connectivity index (χ3v) is 2.12. The van der Waals surface area contributed by atoms with E-state index in [1.165, 1.54) is 10.9 Å². The smallest absolute Gasteiger partial charge is 0.0484 e. The van der Waals surface area contributed by atoms with E-state index in [1.54, 1.807) is 0 Å². The summed E-state index contributed by atoms with van der Waals surface area (Å²) in [6.45, 7) is 4.56. The van der Waals surface area contributed by atoms with Gasteiger partial charge in [0.2, 0.25) is 0 Å². The molecule has 0 aliphatic heterocycles. The van der Waals surface area contributed by atoms with E-state index in [1.807, 2.05) is 30.5 Å². The normalized spacial score (nSPS) is 10.5. The van der Waals surface area contributed by atoms with E-state index in [2.05, 4.69) is 17.2 Å². The van der Waals surface area contributed by atoms with Crippen LogP contribution in [0.15, 0.2) is 43.1 Å². The van der Waals surface area contributed by atoms with Crippen LogP contribution in [0.5, 0.6) is 0 Å². The number of nitrogens with zero attached hydrogens (tertiary/aromatic N) is 1. The van der Waals surface area contributed by atoms with Crippen LogP contribution in [0.4, 0.5) is 5.69 Å². The summed E-state index contributed by atoms with van der Waals surface area (Å²) in [4.78, 5) is 0. The lowest BCUT2D eigenvalue weighted by Crippen LogP contribution is -1.91. The summed E-state index contributed by atoms with van der Waals surface area (Å²) in [7, 11) is 0. The van der Waals surface area contributed by atoms with Gasteiger partial charge in [0.05, 0.1) is 0 Å². The Balaban J connectivity index is 2.61. The van der Waals surface area contributed by atoms with Crippen molar-refractivity contribution in [3.8, 4) is 0 Å². The first-order valence-corrected chi connectivity index (χ1v) is 4.26. The van der Waals surface area contributed by atoms with Gasteiger partial charge >= 0.3 is 0 Å². The molecule has 13 heavy (non-hydrogen) atoms. The van der Waals surface area contributed by atoms with Gasteiger partial charge in [0.1, 0.15) is 0 Å². The predicted octanol–water partition coefficient (Wildman–Crippen LogP) is 2.41. The van der Waals surface area contributed by atoms with Crippen LogP contribution in [0, 0.1) is 0 Å². The van der Waals surface area contributed by atoms with E-state index in [4.69, 9.17) is 5.73 Å².